The van der Waals surface area contributed by atoms with Gasteiger partial charge in [-0.2, -0.15) is 4.98 Å². The van der Waals surface area contributed by atoms with E-state index >= 15 is 0 Å². The predicted molar refractivity (Wildman–Crippen MR) is 140 cm³/mol. The molecule has 1 atom stereocenters. The van der Waals surface area contributed by atoms with Crippen LogP contribution in [0.2, 0.25) is 0 Å². The molecule has 0 aromatic carbocycles. The first kappa shape index (κ1) is 27.1. The maximum Gasteiger partial charge on any atom is 0.242 e. The second kappa shape index (κ2) is 15.5. The van der Waals surface area contributed by atoms with Gasteiger partial charge < -0.3 is 15.4 Å². The summed E-state index contributed by atoms with van der Waals surface area (Å²) in [5.41, 5.74) is 0.996. The lowest BCUT2D eigenvalue weighted by atomic mass is 9.84. The Hall–Kier alpha value is -2.48. The van der Waals surface area contributed by atoms with E-state index in [2.05, 4.69) is 22.5 Å². The van der Waals surface area contributed by atoms with E-state index in [0.29, 0.717) is 37.4 Å². The molecule has 1 aliphatic rings. The van der Waals surface area contributed by atoms with Gasteiger partial charge in [0.05, 0.1) is 0 Å². The van der Waals surface area contributed by atoms with Crippen LogP contribution in [0.3, 0.4) is 0 Å². The van der Waals surface area contributed by atoms with Gasteiger partial charge in [0.15, 0.2) is 0 Å². The molecule has 1 fully saturated rings. The average molecular weight is 485 g/mol. The quantitative estimate of drug-likeness (QED) is 0.323. The smallest absolute Gasteiger partial charge is 0.242 e. The summed E-state index contributed by atoms with van der Waals surface area (Å²) >= 11 is 0. The second-order valence-corrected chi connectivity index (χ2v) is 9.60. The molecule has 1 amide bonds. The lowest BCUT2D eigenvalue weighted by molar-refractivity contribution is -0.122. The van der Waals surface area contributed by atoms with Gasteiger partial charge in [-0.1, -0.05) is 58.3 Å². The van der Waals surface area contributed by atoms with E-state index in [1.807, 2.05) is 23.8 Å². The molecule has 2 aromatic rings. The maximum atomic E-state index is 13.2. The Kier molecular flexibility index (Phi) is 12.0. The molecular formula is C27H44N6O2. The Morgan fingerprint density at radius 1 is 1.14 bits per heavy atom. The minimum atomic E-state index is -0.316. The number of aromatic nitrogens is 4. The summed E-state index contributed by atoms with van der Waals surface area (Å²) in [6.07, 6.45) is 18.8. The molecule has 0 spiro atoms. The molecule has 0 saturated heterocycles. The van der Waals surface area contributed by atoms with Crippen molar-refractivity contribution >= 4 is 11.7 Å². The fourth-order valence-corrected chi connectivity index (χ4v) is 4.73. The Morgan fingerprint density at radius 3 is 2.74 bits per heavy atom. The highest BCUT2D eigenvalue weighted by Gasteiger charge is 2.25. The van der Waals surface area contributed by atoms with Crippen molar-refractivity contribution in [2.24, 2.45) is 5.92 Å². The molecule has 1 aliphatic carbocycles. The molecule has 3 rings (SSSR count). The lowest BCUT2D eigenvalue weighted by Crippen LogP contribution is -2.42. The van der Waals surface area contributed by atoms with E-state index in [1.165, 1.54) is 51.4 Å². The predicted octanol–water partition coefficient (Wildman–Crippen LogP) is 5.08. The van der Waals surface area contributed by atoms with E-state index in [-0.39, 0.29) is 11.9 Å². The SMILES string of the molecule is CCCCCCc1cc(N[C@@H](CC2CCCCC2)C(=O)NCCCOCC)nc(-n2ccnc2)n1. The van der Waals surface area contributed by atoms with Gasteiger partial charge in [0.2, 0.25) is 11.9 Å². The van der Waals surface area contributed by atoms with Gasteiger partial charge >= 0.3 is 0 Å². The zero-order valence-electron chi connectivity index (χ0n) is 21.7. The highest BCUT2D eigenvalue weighted by molar-refractivity contribution is 5.84. The molecule has 8 heteroatoms. The van der Waals surface area contributed by atoms with E-state index in [0.717, 1.165) is 31.4 Å². The standard InChI is InChI=1S/C27H44N6O2/c1-3-5-6-10-14-23-20-25(32-27(30-23)33-17-16-28-21-33)31-24(19-22-12-8-7-9-13-22)26(34)29-15-11-18-35-4-2/h16-17,20-22,24H,3-15,18-19H2,1-2H3,(H,29,34)(H,30,31,32)/t24-/m0/s1. The number of nitrogens with one attached hydrogen (secondary N) is 2. The maximum absolute atomic E-state index is 13.2. The molecule has 2 heterocycles. The third-order valence-electron chi connectivity index (χ3n) is 6.69. The van der Waals surface area contributed by atoms with Crippen LogP contribution in [0, 0.1) is 5.92 Å². The summed E-state index contributed by atoms with van der Waals surface area (Å²) in [6.45, 7) is 6.19. The zero-order valence-corrected chi connectivity index (χ0v) is 21.7. The number of rotatable bonds is 16. The molecule has 0 bridgehead atoms. The summed E-state index contributed by atoms with van der Waals surface area (Å²) in [5, 5.41) is 6.61. The minimum absolute atomic E-state index is 0.0411. The van der Waals surface area contributed by atoms with E-state index in [4.69, 9.17) is 14.7 Å². The number of ether oxygens (including phenoxy) is 1. The van der Waals surface area contributed by atoms with Crippen molar-refractivity contribution in [1.29, 1.82) is 0 Å². The van der Waals surface area contributed by atoms with Gasteiger partial charge in [-0.05, 0) is 38.5 Å². The number of imidazole rings is 1. The molecule has 2 aromatic heterocycles. The Balaban J connectivity index is 1.73. The van der Waals surface area contributed by atoms with Crippen LogP contribution in [0.5, 0.6) is 0 Å². The number of aryl methyl sites for hydroxylation is 1. The monoisotopic (exact) mass is 484 g/mol. The largest absolute Gasteiger partial charge is 0.382 e. The number of anilines is 1. The molecule has 0 aliphatic heterocycles. The summed E-state index contributed by atoms with van der Waals surface area (Å²) < 4.78 is 7.23. The molecule has 1 saturated carbocycles. The van der Waals surface area contributed by atoms with Crippen LogP contribution in [0.25, 0.3) is 5.95 Å². The van der Waals surface area contributed by atoms with Gasteiger partial charge in [-0.15, -0.1) is 0 Å². The van der Waals surface area contributed by atoms with E-state index < -0.39 is 0 Å². The fraction of sp³-hybridized carbons (Fsp3) is 0.704. The average Bonchev–Trinajstić information content (AvgIpc) is 3.42. The Morgan fingerprint density at radius 2 is 2.00 bits per heavy atom. The highest BCUT2D eigenvalue weighted by atomic mass is 16.5. The molecule has 8 nitrogen and oxygen atoms in total. The van der Waals surface area contributed by atoms with Crippen LogP contribution >= 0.6 is 0 Å². The third kappa shape index (κ3) is 9.59. The van der Waals surface area contributed by atoms with Crippen molar-refractivity contribution < 1.29 is 9.53 Å². The molecular weight excluding hydrogens is 440 g/mol. The molecule has 0 unspecified atom stereocenters. The first-order chi connectivity index (χ1) is 17.2. The van der Waals surface area contributed by atoms with Crippen molar-refractivity contribution in [2.75, 3.05) is 25.1 Å². The van der Waals surface area contributed by atoms with E-state index in [9.17, 15) is 4.79 Å². The topological polar surface area (TPSA) is 94.0 Å². The van der Waals surface area contributed by atoms with Crippen molar-refractivity contribution in [3.8, 4) is 5.95 Å². The van der Waals surface area contributed by atoms with Gasteiger partial charge in [-0.3, -0.25) is 9.36 Å². The first-order valence-electron chi connectivity index (χ1n) is 13.7. The van der Waals surface area contributed by atoms with Crippen LogP contribution < -0.4 is 10.6 Å². The molecule has 2 N–H and O–H groups in total. The zero-order chi connectivity index (χ0) is 24.7. The number of unbranched alkanes of at least 4 members (excludes halogenated alkanes) is 3. The van der Waals surface area contributed by atoms with Crippen molar-refractivity contribution in [2.45, 2.75) is 96.9 Å². The minimum Gasteiger partial charge on any atom is -0.382 e. The van der Waals surface area contributed by atoms with Crippen LogP contribution in [0.1, 0.15) is 90.2 Å². The molecule has 35 heavy (non-hydrogen) atoms. The number of nitrogens with zero attached hydrogens (tertiary/aromatic N) is 4. The van der Waals surface area contributed by atoms with Crippen LogP contribution in [-0.4, -0.2) is 51.2 Å². The first-order valence-corrected chi connectivity index (χ1v) is 13.7. The number of hydrogen-bond acceptors (Lipinski definition) is 6. The molecule has 194 valence electrons. The Labute approximate surface area is 210 Å². The summed E-state index contributed by atoms with van der Waals surface area (Å²) in [7, 11) is 0. The van der Waals surface area contributed by atoms with E-state index in [1.54, 1.807) is 12.5 Å². The normalized spacial score (nSPS) is 15.1. The number of carbonyl (C=O) groups excluding carboxylic acids is 1. The van der Waals surface area contributed by atoms with Gasteiger partial charge in [-0.25, -0.2) is 9.97 Å². The van der Waals surface area contributed by atoms with Crippen LogP contribution in [0.4, 0.5) is 5.82 Å². The van der Waals surface area contributed by atoms with Gasteiger partial charge in [0.25, 0.3) is 0 Å². The van der Waals surface area contributed by atoms with Crippen molar-refractivity contribution in [3.63, 3.8) is 0 Å². The Bertz CT molecular complexity index is 851. The van der Waals surface area contributed by atoms with Gasteiger partial charge in [0, 0.05) is 43.9 Å². The molecule has 0 radical (unpaired) electrons. The number of carbonyl (C=O) groups is 1. The summed E-state index contributed by atoms with van der Waals surface area (Å²) in [4.78, 5) is 26.9. The van der Waals surface area contributed by atoms with Crippen molar-refractivity contribution in [1.82, 2.24) is 24.8 Å². The fourth-order valence-electron chi connectivity index (χ4n) is 4.73. The number of amides is 1. The second-order valence-electron chi connectivity index (χ2n) is 9.60. The van der Waals surface area contributed by atoms with Crippen LogP contribution in [-0.2, 0) is 16.0 Å². The summed E-state index contributed by atoms with van der Waals surface area (Å²) in [6, 6.07) is 1.70. The summed E-state index contributed by atoms with van der Waals surface area (Å²) in [5.74, 6) is 1.91. The van der Waals surface area contributed by atoms with Gasteiger partial charge in [0.1, 0.15) is 18.2 Å². The highest BCUT2D eigenvalue weighted by Crippen LogP contribution is 2.28. The van der Waals surface area contributed by atoms with Crippen molar-refractivity contribution in [3.05, 3.63) is 30.5 Å². The third-order valence-corrected chi connectivity index (χ3v) is 6.69. The number of hydrogen-bond donors (Lipinski definition) is 2. The van der Waals surface area contributed by atoms with Crippen LogP contribution in [0.15, 0.2) is 24.8 Å². The lowest BCUT2D eigenvalue weighted by Gasteiger charge is -2.27.